The van der Waals surface area contributed by atoms with E-state index in [1.807, 2.05) is 6.92 Å². The van der Waals surface area contributed by atoms with Crippen LogP contribution in [0.4, 0.5) is 0 Å². The Morgan fingerprint density at radius 1 is 1.70 bits per heavy atom. The van der Waals surface area contributed by atoms with Gasteiger partial charge in [-0.15, -0.1) is 0 Å². The van der Waals surface area contributed by atoms with Crippen LogP contribution in [0.2, 0.25) is 0 Å². The van der Waals surface area contributed by atoms with Crippen LogP contribution in [0.25, 0.3) is 0 Å². The van der Waals surface area contributed by atoms with E-state index < -0.39 is 0 Å². The lowest BCUT2D eigenvalue weighted by molar-refractivity contribution is -0.118. The van der Waals surface area contributed by atoms with Gasteiger partial charge in [0.05, 0.1) is 0 Å². The first-order valence-corrected chi connectivity index (χ1v) is 3.88. The Bertz CT molecular complexity index is 179. The van der Waals surface area contributed by atoms with Crippen LogP contribution in [0.3, 0.4) is 0 Å². The van der Waals surface area contributed by atoms with Gasteiger partial charge in [0.2, 0.25) is 0 Å². The molecule has 0 radical (unpaired) electrons. The molecular weight excluding hydrogens is 124 g/mol. The summed E-state index contributed by atoms with van der Waals surface area (Å²) < 4.78 is 0. The fraction of sp³-hybridized carbons (Fsp3) is 0.667. The minimum absolute atomic E-state index is 0.287. The molecule has 1 rings (SSSR count). The number of ketones is 1. The van der Waals surface area contributed by atoms with E-state index in [-0.39, 0.29) is 5.92 Å². The highest BCUT2D eigenvalue weighted by Crippen LogP contribution is 2.48. The van der Waals surface area contributed by atoms with Gasteiger partial charge in [-0.1, -0.05) is 18.6 Å². The molecule has 1 saturated carbocycles. The average molecular weight is 138 g/mol. The van der Waals surface area contributed by atoms with E-state index in [4.69, 9.17) is 0 Å². The van der Waals surface area contributed by atoms with E-state index in [0.717, 1.165) is 6.42 Å². The lowest BCUT2D eigenvalue weighted by Gasteiger charge is -1.84. The van der Waals surface area contributed by atoms with Crippen molar-refractivity contribution in [2.45, 2.75) is 27.2 Å². The normalized spacial score (nSPS) is 34.5. The van der Waals surface area contributed by atoms with Gasteiger partial charge >= 0.3 is 0 Å². The van der Waals surface area contributed by atoms with Crippen molar-refractivity contribution in [1.29, 1.82) is 0 Å². The van der Waals surface area contributed by atoms with Crippen molar-refractivity contribution in [1.82, 2.24) is 0 Å². The monoisotopic (exact) mass is 138 g/mol. The Labute approximate surface area is 62.1 Å². The van der Waals surface area contributed by atoms with Gasteiger partial charge in [-0.2, -0.15) is 0 Å². The zero-order chi connectivity index (χ0) is 7.72. The van der Waals surface area contributed by atoms with Crippen LogP contribution in [0.5, 0.6) is 0 Å². The molecular formula is C9H14O. The lowest BCUT2D eigenvalue weighted by atomic mass is 10.2. The van der Waals surface area contributed by atoms with Crippen molar-refractivity contribution < 1.29 is 4.79 Å². The van der Waals surface area contributed by atoms with E-state index in [9.17, 15) is 4.79 Å². The Kier molecular flexibility index (Phi) is 1.93. The molecule has 1 fully saturated rings. The Balaban J connectivity index is 2.61. The van der Waals surface area contributed by atoms with Crippen LogP contribution in [-0.4, -0.2) is 5.78 Å². The first-order chi connectivity index (χ1) is 4.72. The smallest absolute Gasteiger partial charge is 0.137 e. The number of rotatable bonds is 2. The topological polar surface area (TPSA) is 17.1 Å². The molecule has 56 valence electrons. The molecule has 1 aliphatic rings. The average Bonchev–Trinajstić information content (AvgIpc) is 2.60. The van der Waals surface area contributed by atoms with E-state index in [1.54, 1.807) is 6.92 Å². The van der Waals surface area contributed by atoms with Gasteiger partial charge < -0.3 is 0 Å². The second kappa shape index (κ2) is 2.57. The largest absolute Gasteiger partial charge is 0.299 e. The second-order valence-electron chi connectivity index (χ2n) is 2.89. The third-order valence-electron chi connectivity index (χ3n) is 2.29. The summed E-state index contributed by atoms with van der Waals surface area (Å²) in [5.41, 5.74) is 1.36. The molecule has 0 heterocycles. The molecule has 0 spiro atoms. The zero-order valence-corrected chi connectivity index (χ0v) is 6.85. The van der Waals surface area contributed by atoms with E-state index in [0.29, 0.717) is 11.7 Å². The van der Waals surface area contributed by atoms with Crippen molar-refractivity contribution in [3.63, 3.8) is 0 Å². The molecule has 0 unspecified atom stereocenters. The Morgan fingerprint density at radius 3 is 2.40 bits per heavy atom. The summed E-state index contributed by atoms with van der Waals surface area (Å²) in [5, 5.41) is 0. The van der Waals surface area contributed by atoms with Crippen LogP contribution in [0.15, 0.2) is 11.6 Å². The van der Waals surface area contributed by atoms with Gasteiger partial charge in [0.1, 0.15) is 5.78 Å². The first kappa shape index (κ1) is 7.52. The van der Waals surface area contributed by atoms with E-state index >= 15 is 0 Å². The fourth-order valence-corrected chi connectivity index (χ4v) is 1.72. The van der Waals surface area contributed by atoms with Gasteiger partial charge in [0, 0.05) is 5.92 Å². The summed E-state index contributed by atoms with van der Waals surface area (Å²) in [5.74, 6) is 1.21. The molecule has 0 aromatic rings. The third-order valence-corrected chi connectivity index (χ3v) is 2.29. The number of carbonyl (C=O) groups is 1. The number of allylic oxidation sites excluding steroid dienone is 2. The standard InChI is InChI=1S/C9H14O/c1-4-7-8(5-2)9(7)6(3)10/h4,8-9H,5H2,1-3H3/b7-4+/t8-,9-/m0/s1. The van der Waals surface area contributed by atoms with Crippen LogP contribution >= 0.6 is 0 Å². The van der Waals surface area contributed by atoms with Gasteiger partial charge in [-0.3, -0.25) is 4.79 Å². The minimum Gasteiger partial charge on any atom is -0.299 e. The van der Waals surface area contributed by atoms with Crippen LogP contribution in [0, 0.1) is 11.8 Å². The molecule has 1 nitrogen and oxygen atoms in total. The van der Waals surface area contributed by atoms with Gasteiger partial charge in [0.15, 0.2) is 0 Å². The number of Topliss-reactive ketones (excluding diaryl/α,β-unsaturated/α-hetero) is 1. The molecule has 1 aliphatic carbocycles. The predicted octanol–water partition coefficient (Wildman–Crippen LogP) is 2.18. The van der Waals surface area contributed by atoms with Crippen molar-refractivity contribution in [2.75, 3.05) is 0 Å². The maximum atomic E-state index is 10.9. The van der Waals surface area contributed by atoms with Gasteiger partial charge in [-0.25, -0.2) is 0 Å². The molecule has 10 heavy (non-hydrogen) atoms. The second-order valence-corrected chi connectivity index (χ2v) is 2.89. The minimum atomic E-state index is 0.287. The SMILES string of the molecule is C/C=C1\[C@H](CC)[C@H]1C(C)=O. The molecule has 0 aliphatic heterocycles. The molecule has 1 heteroatoms. The van der Waals surface area contributed by atoms with Crippen LogP contribution in [-0.2, 0) is 4.79 Å². The maximum absolute atomic E-state index is 10.9. The predicted molar refractivity (Wildman–Crippen MR) is 41.7 cm³/mol. The summed E-state index contributed by atoms with van der Waals surface area (Å²) >= 11 is 0. The van der Waals surface area contributed by atoms with Crippen molar-refractivity contribution in [3.05, 3.63) is 11.6 Å². The number of hydrogen-bond donors (Lipinski definition) is 0. The Morgan fingerprint density at radius 2 is 2.30 bits per heavy atom. The molecule has 0 amide bonds. The summed E-state index contributed by atoms with van der Waals surface area (Å²) in [6.45, 7) is 5.84. The van der Waals surface area contributed by atoms with Crippen molar-refractivity contribution >= 4 is 5.78 Å². The van der Waals surface area contributed by atoms with Crippen molar-refractivity contribution in [2.24, 2.45) is 11.8 Å². The molecule has 2 atom stereocenters. The molecule has 0 N–H and O–H groups in total. The zero-order valence-electron chi connectivity index (χ0n) is 6.85. The highest BCUT2D eigenvalue weighted by Gasteiger charge is 2.44. The fourth-order valence-electron chi connectivity index (χ4n) is 1.72. The molecule has 0 saturated heterocycles. The summed E-state index contributed by atoms with van der Waals surface area (Å²) in [7, 11) is 0. The maximum Gasteiger partial charge on any atom is 0.137 e. The van der Waals surface area contributed by atoms with Crippen LogP contribution in [0.1, 0.15) is 27.2 Å². The molecule has 0 aromatic carbocycles. The van der Waals surface area contributed by atoms with E-state index in [2.05, 4.69) is 13.0 Å². The molecule has 0 bridgehead atoms. The highest BCUT2D eigenvalue weighted by atomic mass is 16.1. The summed E-state index contributed by atoms with van der Waals surface area (Å²) in [6.07, 6.45) is 3.20. The van der Waals surface area contributed by atoms with Crippen LogP contribution < -0.4 is 0 Å². The third kappa shape index (κ3) is 1.00. The van der Waals surface area contributed by atoms with Gasteiger partial charge in [0.25, 0.3) is 0 Å². The first-order valence-electron chi connectivity index (χ1n) is 3.88. The summed E-state index contributed by atoms with van der Waals surface area (Å²) in [4.78, 5) is 10.9. The Hall–Kier alpha value is -0.590. The number of carbonyl (C=O) groups excluding carboxylic acids is 1. The summed E-state index contributed by atoms with van der Waals surface area (Å²) in [6, 6.07) is 0. The lowest BCUT2D eigenvalue weighted by Crippen LogP contribution is -1.93. The quantitative estimate of drug-likeness (QED) is 0.534. The number of hydrogen-bond acceptors (Lipinski definition) is 1. The molecule has 0 aromatic heterocycles. The van der Waals surface area contributed by atoms with Gasteiger partial charge in [-0.05, 0) is 26.2 Å². The van der Waals surface area contributed by atoms with Crippen molar-refractivity contribution in [3.8, 4) is 0 Å². The van der Waals surface area contributed by atoms with E-state index in [1.165, 1.54) is 5.57 Å². The highest BCUT2D eigenvalue weighted by molar-refractivity contribution is 5.86.